The summed E-state index contributed by atoms with van der Waals surface area (Å²) in [6, 6.07) is 13.8. The van der Waals surface area contributed by atoms with E-state index in [9.17, 15) is 14.7 Å². The third kappa shape index (κ3) is 5.14. The van der Waals surface area contributed by atoms with E-state index >= 15 is 0 Å². The Balaban J connectivity index is 1.66. The number of carbonyl (C=O) groups is 2. The maximum Gasteiger partial charge on any atom is 0.337 e. The molecule has 6 nitrogen and oxygen atoms in total. The molecule has 7 heteroatoms. The average molecular weight is 515 g/mol. The van der Waals surface area contributed by atoms with Crippen molar-refractivity contribution in [3.05, 3.63) is 69.9 Å². The van der Waals surface area contributed by atoms with Gasteiger partial charge in [-0.3, -0.25) is 4.79 Å². The largest absolute Gasteiger partial charge is 0.481 e. The topological polar surface area (TPSA) is 89.4 Å². The fourth-order valence-electron chi connectivity index (χ4n) is 5.53. The van der Waals surface area contributed by atoms with Gasteiger partial charge in [-0.1, -0.05) is 31.4 Å². The summed E-state index contributed by atoms with van der Waals surface area (Å²) in [4.78, 5) is 34.9. The van der Waals surface area contributed by atoms with Gasteiger partial charge in [0.2, 0.25) is 0 Å². The van der Waals surface area contributed by atoms with Gasteiger partial charge in [-0.2, -0.15) is 0 Å². The highest BCUT2D eigenvalue weighted by Crippen LogP contribution is 2.42. The van der Waals surface area contributed by atoms with Gasteiger partial charge >= 0.3 is 11.9 Å². The molecule has 5 rings (SSSR count). The van der Waals surface area contributed by atoms with E-state index in [-0.39, 0.29) is 12.3 Å². The van der Waals surface area contributed by atoms with E-state index in [1.54, 1.807) is 17.4 Å². The Bertz CT molecular complexity index is 1500. The molecule has 1 N–H and O–H groups in total. The SMILES string of the molecule is COC(=O)c1cc(CC(=O)O)c(-c2ccc3nc(-c4sc(C)nc4C)ccc3c2)c(C2CCCCC2)c1. The minimum atomic E-state index is -0.930. The maximum absolute atomic E-state index is 12.5. The normalized spacial score (nSPS) is 14.1. The van der Waals surface area contributed by atoms with Crippen molar-refractivity contribution in [2.75, 3.05) is 7.11 Å². The molecule has 2 aromatic heterocycles. The highest BCUT2D eigenvalue weighted by molar-refractivity contribution is 7.15. The number of nitrogens with zero attached hydrogens (tertiary/aromatic N) is 2. The molecule has 0 unspecified atom stereocenters. The van der Waals surface area contributed by atoms with Crippen LogP contribution in [-0.2, 0) is 16.0 Å². The number of benzene rings is 2. The highest BCUT2D eigenvalue weighted by Gasteiger charge is 2.25. The summed E-state index contributed by atoms with van der Waals surface area (Å²) in [6.45, 7) is 4.00. The van der Waals surface area contributed by atoms with Crippen molar-refractivity contribution in [2.24, 2.45) is 0 Å². The molecule has 0 saturated heterocycles. The number of aromatic nitrogens is 2. The minimum Gasteiger partial charge on any atom is -0.481 e. The first-order chi connectivity index (χ1) is 17.8. The lowest BCUT2D eigenvalue weighted by Crippen LogP contribution is -2.13. The molecule has 190 valence electrons. The van der Waals surface area contributed by atoms with Crippen molar-refractivity contribution in [1.82, 2.24) is 9.97 Å². The van der Waals surface area contributed by atoms with E-state index < -0.39 is 11.9 Å². The number of fused-ring (bicyclic) bond motifs is 1. The van der Waals surface area contributed by atoms with Crippen molar-refractivity contribution < 1.29 is 19.4 Å². The molecule has 1 fully saturated rings. The van der Waals surface area contributed by atoms with Gasteiger partial charge in [0.15, 0.2) is 0 Å². The Morgan fingerprint density at radius 3 is 2.49 bits per heavy atom. The number of pyridine rings is 1. The van der Waals surface area contributed by atoms with Crippen molar-refractivity contribution >= 4 is 34.2 Å². The van der Waals surface area contributed by atoms with Gasteiger partial charge < -0.3 is 9.84 Å². The predicted octanol–water partition coefficient (Wildman–Crippen LogP) is 7.10. The summed E-state index contributed by atoms with van der Waals surface area (Å²) in [5, 5.41) is 11.7. The smallest absolute Gasteiger partial charge is 0.337 e. The Hall–Kier alpha value is -3.58. The first-order valence-corrected chi connectivity index (χ1v) is 13.5. The number of ether oxygens (including phenoxy) is 1. The highest BCUT2D eigenvalue weighted by atomic mass is 32.1. The number of esters is 1. The van der Waals surface area contributed by atoms with Gasteiger partial charge in [0.1, 0.15) is 0 Å². The summed E-state index contributed by atoms with van der Waals surface area (Å²) >= 11 is 1.64. The number of hydrogen-bond donors (Lipinski definition) is 1. The van der Waals surface area contributed by atoms with Crippen LogP contribution in [0.5, 0.6) is 0 Å². The predicted molar refractivity (Wildman–Crippen MR) is 146 cm³/mol. The molecule has 1 aliphatic carbocycles. The zero-order valence-corrected chi connectivity index (χ0v) is 22.2. The van der Waals surface area contributed by atoms with Gasteiger partial charge in [-0.15, -0.1) is 11.3 Å². The lowest BCUT2D eigenvalue weighted by atomic mass is 9.78. The van der Waals surface area contributed by atoms with E-state index in [1.165, 1.54) is 13.5 Å². The molecule has 2 heterocycles. The standard InChI is InChI=1S/C30H30N2O4S/c1-17-29(37-18(2)31-17)26-12-9-20-13-21(10-11-25(20)32-26)28-22(16-27(33)34)14-23(30(35)36-3)15-24(28)19-7-5-4-6-8-19/h9-15,19H,4-8,16H2,1-3H3,(H,33,34). The molecule has 0 spiro atoms. The van der Waals surface area contributed by atoms with Crippen LogP contribution >= 0.6 is 11.3 Å². The molecule has 0 atom stereocenters. The van der Waals surface area contributed by atoms with Gasteiger partial charge in [-0.25, -0.2) is 14.8 Å². The van der Waals surface area contributed by atoms with Crippen LogP contribution in [0.1, 0.15) is 70.2 Å². The average Bonchev–Trinajstić information content (AvgIpc) is 3.24. The van der Waals surface area contributed by atoms with Gasteiger partial charge in [0.25, 0.3) is 0 Å². The second kappa shape index (κ2) is 10.4. The molecule has 1 saturated carbocycles. The second-order valence-corrected chi connectivity index (χ2v) is 11.0. The number of carboxylic acid groups (broad SMARTS) is 1. The number of hydrogen-bond acceptors (Lipinski definition) is 6. The van der Waals surface area contributed by atoms with E-state index in [1.807, 2.05) is 38.1 Å². The van der Waals surface area contributed by atoms with Crippen LogP contribution in [0.25, 0.3) is 32.6 Å². The summed E-state index contributed by atoms with van der Waals surface area (Å²) < 4.78 is 5.00. The summed E-state index contributed by atoms with van der Waals surface area (Å²) in [7, 11) is 1.35. The van der Waals surface area contributed by atoms with Crippen LogP contribution in [0.3, 0.4) is 0 Å². The molecule has 4 aromatic rings. The van der Waals surface area contributed by atoms with Crippen LogP contribution < -0.4 is 0 Å². The zero-order chi connectivity index (χ0) is 26.1. The quantitative estimate of drug-likeness (QED) is 0.276. The van der Waals surface area contributed by atoms with Crippen LogP contribution in [0.15, 0.2) is 42.5 Å². The lowest BCUT2D eigenvalue weighted by Gasteiger charge is -2.27. The minimum absolute atomic E-state index is 0.168. The van der Waals surface area contributed by atoms with Gasteiger partial charge in [0.05, 0.1) is 45.9 Å². The number of methoxy groups -OCH3 is 1. The fourth-order valence-corrected chi connectivity index (χ4v) is 6.42. The van der Waals surface area contributed by atoms with Gasteiger partial charge in [-0.05, 0) is 85.2 Å². The second-order valence-electron chi connectivity index (χ2n) is 9.75. The number of rotatable bonds is 6. The molecule has 1 aliphatic rings. The molecule has 2 aromatic carbocycles. The third-order valence-corrected chi connectivity index (χ3v) is 8.27. The van der Waals surface area contributed by atoms with Gasteiger partial charge in [0, 0.05) is 5.39 Å². The van der Waals surface area contributed by atoms with Crippen LogP contribution in [0, 0.1) is 13.8 Å². The number of thiazole rings is 1. The maximum atomic E-state index is 12.5. The first-order valence-electron chi connectivity index (χ1n) is 12.7. The van der Waals surface area contributed by atoms with Crippen molar-refractivity contribution in [1.29, 1.82) is 0 Å². The summed E-state index contributed by atoms with van der Waals surface area (Å²) in [5.41, 5.74) is 6.70. The Kier molecular flexibility index (Phi) is 7.07. The van der Waals surface area contributed by atoms with Crippen molar-refractivity contribution in [3.8, 4) is 21.7 Å². The zero-order valence-electron chi connectivity index (χ0n) is 21.3. The van der Waals surface area contributed by atoms with E-state index in [0.717, 1.165) is 74.5 Å². The monoisotopic (exact) mass is 514 g/mol. The Labute approximate surface area is 220 Å². The van der Waals surface area contributed by atoms with E-state index in [4.69, 9.17) is 9.72 Å². The number of aryl methyl sites for hydroxylation is 2. The van der Waals surface area contributed by atoms with Crippen molar-refractivity contribution in [2.45, 2.75) is 58.3 Å². The number of carboxylic acids is 1. The van der Waals surface area contributed by atoms with Crippen LogP contribution in [0.4, 0.5) is 0 Å². The fraction of sp³-hybridized carbons (Fsp3) is 0.333. The Morgan fingerprint density at radius 1 is 1.03 bits per heavy atom. The summed E-state index contributed by atoms with van der Waals surface area (Å²) in [6.07, 6.45) is 5.34. The van der Waals surface area contributed by atoms with E-state index in [2.05, 4.69) is 17.1 Å². The first kappa shape index (κ1) is 25.1. The molecule has 0 radical (unpaired) electrons. The summed E-state index contributed by atoms with van der Waals surface area (Å²) in [5.74, 6) is -1.10. The van der Waals surface area contributed by atoms with Crippen molar-refractivity contribution in [3.63, 3.8) is 0 Å². The molecule has 0 bridgehead atoms. The molecule has 0 aliphatic heterocycles. The lowest BCUT2D eigenvalue weighted by molar-refractivity contribution is -0.136. The molecule has 0 amide bonds. The van der Waals surface area contributed by atoms with Crippen LogP contribution in [-0.4, -0.2) is 34.1 Å². The molecular formula is C30H30N2O4S. The Morgan fingerprint density at radius 2 is 1.81 bits per heavy atom. The number of carbonyl (C=O) groups excluding carboxylic acids is 1. The number of aliphatic carboxylic acids is 1. The molecular weight excluding hydrogens is 484 g/mol. The van der Waals surface area contributed by atoms with E-state index in [0.29, 0.717) is 11.1 Å². The third-order valence-electron chi connectivity index (χ3n) is 7.17. The van der Waals surface area contributed by atoms with Crippen LogP contribution in [0.2, 0.25) is 0 Å². The molecule has 37 heavy (non-hydrogen) atoms.